The molecule has 2 aliphatic heterocycles. The zero-order valence-electron chi connectivity index (χ0n) is 16.2. The van der Waals surface area contributed by atoms with E-state index in [-0.39, 0.29) is 11.0 Å². The number of benzene rings is 1. The van der Waals surface area contributed by atoms with Crippen molar-refractivity contribution in [1.82, 2.24) is 0 Å². The second-order valence-corrected chi connectivity index (χ2v) is 9.18. The molecule has 0 amide bonds. The zero-order valence-corrected chi connectivity index (χ0v) is 17.1. The molecule has 1 aromatic carbocycles. The van der Waals surface area contributed by atoms with Crippen molar-refractivity contribution in [3.05, 3.63) is 51.9 Å². The lowest BCUT2D eigenvalue weighted by Crippen LogP contribution is -2.39. The highest BCUT2D eigenvalue weighted by Crippen LogP contribution is 2.47. The van der Waals surface area contributed by atoms with Gasteiger partial charge in [0.25, 0.3) is 0 Å². The average molecular weight is 391 g/mol. The normalized spacial score (nSPS) is 17.6. The number of nitrogens with zero attached hydrogens (tertiary/aromatic N) is 2. The van der Waals surface area contributed by atoms with E-state index in [0.717, 1.165) is 34.8 Å². The minimum absolute atomic E-state index is 0.117. The number of carboxylic acids is 1. The third kappa shape index (κ3) is 3.04. The number of hydrogen-bond donors (Lipinski definition) is 1. The summed E-state index contributed by atoms with van der Waals surface area (Å²) >= 11 is 1.51. The maximum absolute atomic E-state index is 11.1. The molecular formula is C23H22N2O2S. The molecule has 0 bridgehead atoms. The summed E-state index contributed by atoms with van der Waals surface area (Å²) in [6.45, 7) is 8.85. The van der Waals surface area contributed by atoms with Crippen LogP contribution in [-0.4, -0.2) is 24.2 Å². The van der Waals surface area contributed by atoms with Gasteiger partial charge in [-0.1, -0.05) is 19.9 Å². The van der Waals surface area contributed by atoms with Crippen molar-refractivity contribution in [2.75, 3.05) is 18.0 Å². The van der Waals surface area contributed by atoms with E-state index in [0.29, 0.717) is 0 Å². The Morgan fingerprint density at radius 1 is 1.36 bits per heavy atom. The molecule has 3 heterocycles. The monoisotopic (exact) mass is 390 g/mol. The number of nitriles is 1. The van der Waals surface area contributed by atoms with Gasteiger partial charge in [0.05, 0.1) is 0 Å². The van der Waals surface area contributed by atoms with E-state index >= 15 is 0 Å². The second kappa shape index (κ2) is 6.65. The lowest BCUT2D eigenvalue weighted by Gasteiger charge is -2.43. The number of thiophene rings is 1. The first-order valence-electron chi connectivity index (χ1n) is 9.36. The largest absolute Gasteiger partial charge is 0.477 e. The molecule has 0 saturated heterocycles. The Labute approximate surface area is 169 Å². The van der Waals surface area contributed by atoms with Crippen LogP contribution in [0.5, 0.6) is 0 Å². The molecule has 0 radical (unpaired) electrons. The van der Waals surface area contributed by atoms with Crippen LogP contribution in [0.3, 0.4) is 0 Å². The van der Waals surface area contributed by atoms with Crippen LogP contribution in [0.1, 0.15) is 43.2 Å². The van der Waals surface area contributed by atoms with Crippen molar-refractivity contribution in [1.29, 1.82) is 5.26 Å². The van der Waals surface area contributed by atoms with Gasteiger partial charge >= 0.3 is 5.97 Å². The molecule has 4 nitrogen and oxygen atoms in total. The Kier molecular flexibility index (Phi) is 4.40. The van der Waals surface area contributed by atoms with E-state index in [4.69, 9.17) is 10.4 Å². The highest BCUT2D eigenvalue weighted by molar-refractivity contribution is 7.16. The molecule has 0 atom stereocenters. The van der Waals surface area contributed by atoms with Crippen LogP contribution >= 0.6 is 11.3 Å². The highest BCUT2D eigenvalue weighted by atomic mass is 32.1. The van der Waals surface area contributed by atoms with E-state index in [1.54, 1.807) is 6.07 Å². The van der Waals surface area contributed by atoms with E-state index in [2.05, 4.69) is 43.9 Å². The van der Waals surface area contributed by atoms with Gasteiger partial charge in [-0.05, 0) is 65.8 Å². The summed E-state index contributed by atoms with van der Waals surface area (Å²) in [5.41, 5.74) is 6.37. The first-order chi connectivity index (χ1) is 13.3. The van der Waals surface area contributed by atoms with Crippen LogP contribution in [-0.2, 0) is 10.2 Å². The Morgan fingerprint density at radius 3 is 2.86 bits per heavy atom. The maximum atomic E-state index is 11.1. The predicted octanol–water partition coefficient (Wildman–Crippen LogP) is 5.31. The van der Waals surface area contributed by atoms with Gasteiger partial charge in [0.2, 0.25) is 0 Å². The molecule has 0 spiro atoms. The van der Waals surface area contributed by atoms with Crippen LogP contribution in [0.4, 0.5) is 5.69 Å². The van der Waals surface area contributed by atoms with Gasteiger partial charge in [0.1, 0.15) is 11.6 Å². The quantitative estimate of drug-likeness (QED) is 0.570. The summed E-state index contributed by atoms with van der Waals surface area (Å²) in [5, 5.41) is 18.1. The second-order valence-electron chi connectivity index (χ2n) is 8.06. The highest BCUT2D eigenvalue weighted by Gasteiger charge is 2.34. The molecule has 142 valence electrons. The molecule has 0 saturated carbocycles. The number of carboxylic acid groups (broad SMARTS) is 1. The van der Waals surface area contributed by atoms with Crippen molar-refractivity contribution in [3.63, 3.8) is 0 Å². The Balaban J connectivity index is 1.84. The molecule has 0 fully saturated rings. The number of allylic oxidation sites excluding steroid dienone is 1. The summed E-state index contributed by atoms with van der Waals surface area (Å²) in [6.07, 6.45) is 4.86. The number of aliphatic carboxylic acids is 1. The van der Waals surface area contributed by atoms with Crippen molar-refractivity contribution >= 4 is 34.6 Å². The molecule has 0 aliphatic carbocycles. The van der Waals surface area contributed by atoms with Crippen LogP contribution in [0.25, 0.3) is 22.1 Å². The van der Waals surface area contributed by atoms with Crippen molar-refractivity contribution in [3.8, 4) is 16.5 Å². The summed E-state index contributed by atoms with van der Waals surface area (Å²) in [5.74, 6) is -1.20. The van der Waals surface area contributed by atoms with Crippen molar-refractivity contribution in [2.24, 2.45) is 0 Å². The first-order valence-corrected chi connectivity index (χ1v) is 10.2. The Bertz CT molecular complexity index is 1080. The number of rotatable bonds is 3. The van der Waals surface area contributed by atoms with Crippen molar-refractivity contribution < 1.29 is 9.90 Å². The number of anilines is 1. The SMILES string of the molecule is CC1=CCN2CCC(C)(C)c3cc(-c4ccc(/C=C(\C#N)C(=O)O)s4)cc1c32. The lowest BCUT2D eigenvalue weighted by molar-refractivity contribution is -0.132. The van der Waals surface area contributed by atoms with Gasteiger partial charge in [0.15, 0.2) is 0 Å². The molecule has 2 aromatic rings. The molecule has 28 heavy (non-hydrogen) atoms. The van der Waals surface area contributed by atoms with Gasteiger partial charge in [-0.2, -0.15) is 5.26 Å². The van der Waals surface area contributed by atoms with Crippen LogP contribution in [0, 0.1) is 11.3 Å². The summed E-state index contributed by atoms with van der Waals surface area (Å²) < 4.78 is 0. The zero-order chi connectivity index (χ0) is 20.1. The number of hydrogen-bond acceptors (Lipinski definition) is 4. The summed E-state index contributed by atoms with van der Waals surface area (Å²) in [4.78, 5) is 15.4. The van der Waals surface area contributed by atoms with Gasteiger partial charge in [-0.25, -0.2) is 4.79 Å². The van der Waals surface area contributed by atoms with Gasteiger partial charge < -0.3 is 10.0 Å². The molecule has 1 N–H and O–H groups in total. The number of carbonyl (C=O) groups is 1. The molecule has 2 aliphatic rings. The fourth-order valence-electron chi connectivity index (χ4n) is 4.00. The average Bonchev–Trinajstić information content (AvgIpc) is 3.13. The van der Waals surface area contributed by atoms with E-state index < -0.39 is 5.97 Å². The fourth-order valence-corrected chi connectivity index (χ4v) is 4.94. The first kappa shape index (κ1) is 18.5. The van der Waals surface area contributed by atoms with Gasteiger partial charge in [-0.15, -0.1) is 11.3 Å². The smallest absolute Gasteiger partial charge is 0.346 e. The minimum Gasteiger partial charge on any atom is -0.477 e. The van der Waals surface area contributed by atoms with Crippen molar-refractivity contribution in [2.45, 2.75) is 32.6 Å². The fraction of sp³-hybridized carbons (Fsp3) is 0.304. The van der Waals surface area contributed by atoms with Gasteiger partial charge in [0, 0.05) is 34.1 Å². The van der Waals surface area contributed by atoms with Crippen LogP contribution in [0.2, 0.25) is 0 Å². The molecule has 5 heteroatoms. The summed E-state index contributed by atoms with van der Waals surface area (Å²) in [7, 11) is 0. The predicted molar refractivity (Wildman–Crippen MR) is 114 cm³/mol. The lowest BCUT2D eigenvalue weighted by atomic mass is 9.74. The van der Waals surface area contributed by atoms with E-state index in [1.165, 1.54) is 39.8 Å². The van der Waals surface area contributed by atoms with Crippen LogP contribution in [0.15, 0.2) is 35.9 Å². The van der Waals surface area contributed by atoms with E-state index in [1.807, 2.05) is 12.1 Å². The van der Waals surface area contributed by atoms with Crippen LogP contribution < -0.4 is 4.90 Å². The maximum Gasteiger partial charge on any atom is 0.346 e. The molecular weight excluding hydrogens is 368 g/mol. The standard InChI is InChI=1S/C23H22N2O2S/c1-14-6-8-25-9-7-23(2,3)19-12-15(11-18(14)21(19)25)20-5-4-17(28-20)10-16(13-24)22(26)27/h4-6,10-12H,7-9H2,1-3H3,(H,26,27)/b16-10+. The molecule has 1 aromatic heterocycles. The Hall–Kier alpha value is -2.84. The topological polar surface area (TPSA) is 64.3 Å². The third-order valence-corrected chi connectivity index (χ3v) is 6.83. The van der Waals surface area contributed by atoms with Gasteiger partial charge in [-0.3, -0.25) is 0 Å². The third-order valence-electron chi connectivity index (χ3n) is 5.75. The molecule has 4 rings (SSSR count). The Morgan fingerprint density at radius 2 is 2.14 bits per heavy atom. The molecule has 0 unspecified atom stereocenters. The minimum atomic E-state index is -1.20. The van der Waals surface area contributed by atoms with E-state index in [9.17, 15) is 4.79 Å². The summed E-state index contributed by atoms with van der Waals surface area (Å²) in [6, 6.07) is 10.2.